The number of imidazole rings is 1. The zero-order chi connectivity index (χ0) is 18.4. The number of rotatable bonds is 7. The van der Waals surface area contributed by atoms with Gasteiger partial charge in [0.05, 0.1) is 11.0 Å². The molecule has 0 radical (unpaired) electrons. The minimum absolute atomic E-state index is 0. The molecule has 0 spiro atoms. The number of nitrogens with one attached hydrogen (secondary N) is 3. The number of aromatic amines is 1. The molecule has 146 valence electrons. The first-order valence-corrected chi connectivity index (χ1v) is 9.92. The van der Waals surface area contributed by atoms with Crippen molar-refractivity contribution >= 4 is 52.3 Å². The van der Waals surface area contributed by atoms with Crippen LogP contribution in [0.5, 0.6) is 0 Å². The number of thiophene rings is 1. The summed E-state index contributed by atoms with van der Waals surface area (Å²) in [4.78, 5) is 15.1. The predicted octanol–water partition coefficient (Wildman–Crippen LogP) is 4.28. The van der Waals surface area contributed by atoms with Gasteiger partial charge in [-0.3, -0.25) is 4.99 Å². The van der Waals surface area contributed by atoms with Crippen molar-refractivity contribution in [2.45, 2.75) is 39.2 Å². The number of benzene rings is 1. The lowest BCUT2D eigenvalue weighted by atomic mass is 10.2. The molecule has 0 fully saturated rings. The number of hydrogen-bond donors (Lipinski definition) is 3. The van der Waals surface area contributed by atoms with Crippen molar-refractivity contribution in [1.82, 2.24) is 20.6 Å². The Hall–Kier alpha value is -1.61. The fourth-order valence-electron chi connectivity index (χ4n) is 2.96. The number of aromatic nitrogens is 2. The minimum atomic E-state index is 0. The molecule has 0 saturated carbocycles. The molecule has 0 aliphatic heterocycles. The van der Waals surface area contributed by atoms with Gasteiger partial charge >= 0.3 is 0 Å². The number of para-hydroxylation sites is 2. The highest BCUT2D eigenvalue weighted by atomic mass is 127. The number of aryl methyl sites for hydroxylation is 2. The quantitative estimate of drug-likeness (QED) is 0.198. The van der Waals surface area contributed by atoms with Gasteiger partial charge in [-0.1, -0.05) is 12.1 Å². The second kappa shape index (κ2) is 10.7. The molecule has 1 unspecified atom stereocenters. The van der Waals surface area contributed by atoms with E-state index < -0.39 is 0 Å². The summed E-state index contributed by atoms with van der Waals surface area (Å²) < 4.78 is 0. The number of nitrogens with zero attached hydrogens (tertiary/aromatic N) is 2. The molecule has 0 saturated heterocycles. The average molecular weight is 497 g/mol. The van der Waals surface area contributed by atoms with Gasteiger partial charge in [0, 0.05) is 42.2 Å². The van der Waals surface area contributed by atoms with Crippen molar-refractivity contribution in [3.05, 3.63) is 52.0 Å². The van der Waals surface area contributed by atoms with E-state index in [4.69, 9.17) is 0 Å². The minimum Gasteiger partial charge on any atom is -0.356 e. The number of hydrogen-bond acceptors (Lipinski definition) is 3. The summed E-state index contributed by atoms with van der Waals surface area (Å²) >= 11 is 1.86. The van der Waals surface area contributed by atoms with Crippen molar-refractivity contribution in [3.8, 4) is 0 Å². The molecule has 3 N–H and O–H groups in total. The molecule has 7 heteroatoms. The molecular formula is C20H28IN5S. The van der Waals surface area contributed by atoms with Gasteiger partial charge in [0.15, 0.2) is 5.96 Å². The first-order valence-electron chi connectivity index (χ1n) is 9.10. The van der Waals surface area contributed by atoms with Crippen LogP contribution in [0.15, 0.2) is 41.4 Å². The van der Waals surface area contributed by atoms with Gasteiger partial charge in [0.1, 0.15) is 5.82 Å². The highest BCUT2D eigenvalue weighted by molar-refractivity contribution is 14.0. The zero-order valence-electron chi connectivity index (χ0n) is 16.1. The lowest BCUT2D eigenvalue weighted by Crippen LogP contribution is -2.43. The van der Waals surface area contributed by atoms with Crippen molar-refractivity contribution < 1.29 is 0 Å². The number of aliphatic imine (C=N–C) groups is 1. The SMILES string of the molecule is CN=C(NCCCc1nc2ccccc2[nH]1)NC(C)Cc1ccc(C)s1.I. The Bertz CT molecular complexity index is 837. The van der Waals surface area contributed by atoms with E-state index >= 15 is 0 Å². The van der Waals surface area contributed by atoms with Crippen molar-refractivity contribution in [1.29, 1.82) is 0 Å². The summed E-state index contributed by atoms with van der Waals surface area (Å²) in [5.41, 5.74) is 2.14. The lowest BCUT2D eigenvalue weighted by Gasteiger charge is -2.17. The van der Waals surface area contributed by atoms with Crippen molar-refractivity contribution in [2.24, 2.45) is 4.99 Å². The van der Waals surface area contributed by atoms with Gasteiger partial charge in [-0.05, 0) is 44.5 Å². The second-order valence-corrected chi connectivity index (χ2v) is 7.94. The molecule has 27 heavy (non-hydrogen) atoms. The number of H-pyrrole nitrogens is 1. The molecule has 3 aromatic rings. The molecule has 1 atom stereocenters. The van der Waals surface area contributed by atoms with E-state index in [1.165, 1.54) is 9.75 Å². The van der Waals surface area contributed by atoms with Crippen LogP contribution < -0.4 is 10.6 Å². The van der Waals surface area contributed by atoms with Crippen LogP contribution in [0.2, 0.25) is 0 Å². The fraction of sp³-hybridized carbons (Fsp3) is 0.400. The standard InChI is InChI=1S/C20H27N5S.HI/c1-14(13-16-11-10-15(2)26-16)23-20(21-3)22-12-6-9-19-24-17-7-4-5-8-18(17)25-19;/h4-5,7-8,10-11,14H,6,9,12-13H2,1-3H3,(H,24,25)(H2,21,22,23);1H. The normalized spacial score (nSPS) is 12.6. The smallest absolute Gasteiger partial charge is 0.191 e. The highest BCUT2D eigenvalue weighted by Crippen LogP contribution is 2.16. The first kappa shape index (κ1) is 21.7. The largest absolute Gasteiger partial charge is 0.356 e. The molecule has 2 heterocycles. The number of halogens is 1. The molecule has 0 amide bonds. The average Bonchev–Trinajstić information content (AvgIpc) is 3.22. The van der Waals surface area contributed by atoms with Crippen molar-refractivity contribution in [2.75, 3.05) is 13.6 Å². The topological polar surface area (TPSA) is 65.1 Å². The van der Waals surface area contributed by atoms with Crippen LogP contribution in [0.3, 0.4) is 0 Å². The molecule has 1 aromatic carbocycles. The molecular weight excluding hydrogens is 469 g/mol. The van der Waals surface area contributed by atoms with Gasteiger partial charge in [0.25, 0.3) is 0 Å². The maximum absolute atomic E-state index is 4.62. The van der Waals surface area contributed by atoms with Crippen LogP contribution >= 0.6 is 35.3 Å². The summed E-state index contributed by atoms with van der Waals surface area (Å²) in [6, 6.07) is 12.9. The fourth-order valence-corrected chi connectivity index (χ4v) is 3.98. The van der Waals surface area contributed by atoms with E-state index in [-0.39, 0.29) is 24.0 Å². The van der Waals surface area contributed by atoms with Crippen LogP contribution in [0, 0.1) is 6.92 Å². The monoisotopic (exact) mass is 497 g/mol. The van der Waals surface area contributed by atoms with Gasteiger partial charge < -0.3 is 15.6 Å². The Kier molecular flexibility index (Phi) is 8.56. The summed E-state index contributed by atoms with van der Waals surface area (Å²) in [5, 5.41) is 6.86. The van der Waals surface area contributed by atoms with Crippen LogP contribution in [0.4, 0.5) is 0 Å². The van der Waals surface area contributed by atoms with E-state index in [1.807, 2.05) is 36.6 Å². The van der Waals surface area contributed by atoms with E-state index in [1.54, 1.807) is 0 Å². The Labute approximate surface area is 182 Å². The van der Waals surface area contributed by atoms with E-state index in [0.717, 1.165) is 48.6 Å². The highest BCUT2D eigenvalue weighted by Gasteiger charge is 2.08. The summed E-state index contributed by atoms with van der Waals surface area (Å²) in [5.74, 6) is 1.90. The summed E-state index contributed by atoms with van der Waals surface area (Å²) in [6.45, 7) is 5.20. The number of fused-ring (bicyclic) bond motifs is 1. The van der Waals surface area contributed by atoms with Crippen LogP contribution in [0.1, 0.15) is 28.9 Å². The third kappa shape index (κ3) is 6.49. The molecule has 2 aromatic heterocycles. The molecule has 5 nitrogen and oxygen atoms in total. The lowest BCUT2D eigenvalue weighted by molar-refractivity contribution is 0.638. The van der Waals surface area contributed by atoms with Crippen LogP contribution in [-0.4, -0.2) is 35.6 Å². The van der Waals surface area contributed by atoms with Crippen LogP contribution in [0.25, 0.3) is 11.0 Å². The molecule has 0 aliphatic rings. The third-order valence-electron chi connectivity index (χ3n) is 4.23. The van der Waals surface area contributed by atoms with Gasteiger partial charge in [-0.25, -0.2) is 4.98 Å². The maximum Gasteiger partial charge on any atom is 0.191 e. The first-order chi connectivity index (χ1) is 12.6. The van der Waals surface area contributed by atoms with Gasteiger partial charge in [0.2, 0.25) is 0 Å². The van der Waals surface area contributed by atoms with E-state index in [2.05, 4.69) is 57.6 Å². The Morgan fingerprint density at radius 2 is 2.07 bits per heavy atom. The van der Waals surface area contributed by atoms with E-state index in [0.29, 0.717) is 6.04 Å². The second-order valence-electron chi connectivity index (χ2n) is 6.57. The zero-order valence-corrected chi connectivity index (χ0v) is 19.2. The Morgan fingerprint density at radius 1 is 1.26 bits per heavy atom. The predicted molar refractivity (Wildman–Crippen MR) is 127 cm³/mol. The maximum atomic E-state index is 4.62. The Balaban J connectivity index is 0.00000261. The number of guanidine groups is 1. The molecule has 0 bridgehead atoms. The molecule has 0 aliphatic carbocycles. The summed E-state index contributed by atoms with van der Waals surface area (Å²) in [6.07, 6.45) is 2.93. The molecule has 3 rings (SSSR count). The van der Waals surface area contributed by atoms with Crippen molar-refractivity contribution in [3.63, 3.8) is 0 Å². The van der Waals surface area contributed by atoms with E-state index in [9.17, 15) is 0 Å². The Morgan fingerprint density at radius 3 is 2.78 bits per heavy atom. The third-order valence-corrected chi connectivity index (χ3v) is 5.25. The van der Waals surface area contributed by atoms with Gasteiger partial charge in [-0.2, -0.15) is 0 Å². The van der Waals surface area contributed by atoms with Gasteiger partial charge in [-0.15, -0.1) is 35.3 Å². The van der Waals surface area contributed by atoms with Crippen LogP contribution in [-0.2, 0) is 12.8 Å². The summed E-state index contributed by atoms with van der Waals surface area (Å²) in [7, 11) is 1.82.